The van der Waals surface area contributed by atoms with Crippen molar-refractivity contribution in [2.45, 2.75) is 20.3 Å². The normalized spacial score (nSPS) is 14.5. The number of carbonyl (C=O) groups is 1. The molecule has 77 valence electrons. The average Bonchev–Trinajstić information content (AvgIpc) is 1.81. The SMILES string of the molecule is C[C](C[C@H](C)C(N)=O)CS(N)(=O)=O. The van der Waals surface area contributed by atoms with Crippen molar-refractivity contribution >= 4 is 15.9 Å². The first-order chi connectivity index (χ1) is 5.72. The molecule has 0 aromatic rings. The second-order valence-corrected chi connectivity index (χ2v) is 4.89. The molecule has 0 aromatic heterocycles. The van der Waals surface area contributed by atoms with Crippen LogP contribution in [0.5, 0.6) is 0 Å². The van der Waals surface area contributed by atoms with Crippen LogP contribution in [0.1, 0.15) is 20.3 Å². The van der Waals surface area contributed by atoms with Crippen LogP contribution in [0.2, 0.25) is 0 Å². The highest BCUT2D eigenvalue weighted by atomic mass is 32.2. The molecule has 0 saturated heterocycles. The molecular weight excluding hydrogens is 192 g/mol. The molecular formula is C7H15N2O3S. The first-order valence-corrected chi connectivity index (χ1v) is 5.55. The molecule has 5 nitrogen and oxygen atoms in total. The lowest BCUT2D eigenvalue weighted by molar-refractivity contribution is -0.121. The molecule has 0 heterocycles. The Labute approximate surface area is 78.5 Å². The van der Waals surface area contributed by atoms with Crippen molar-refractivity contribution in [3.63, 3.8) is 0 Å². The fourth-order valence-corrected chi connectivity index (χ4v) is 1.83. The summed E-state index contributed by atoms with van der Waals surface area (Å²) in [6, 6.07) is 0. The van der Waals surface area contributed by atoms with E-state index in [-0.39, 0.29) is 11.7 Å². The predicted octanol–water partition coefficient (Wildman–Crippen LogP) is -0.619. The van der Waals surface area contributed by atoms with Crippen LogP contribution in [0.15, 0.2) is 0 Å². The van der Waals surface area contributed by atoms with E-state index in [0.717, 1.165) is 0 Å². The van der Waals surface area contributed by atoms with Gasteiger partial charge in [-0.15, -0.1) is 0 Å². The van der Waals surface area contributed by atoms with Crippen LogP contribution in [0.25, 0.3) is 0 Å². The maximum Gasteiger partial charge on any atom is 0.220 e. The summed E-state index contributed by atoms with van der Waals surface area (Å²) in [5, 5.41) is 4.82. The highest BCUT2D eigenvalue weighted by Gasteiger charge is 2.17. The zero-order chi connectivity index (χ0) is 10.6. The largest absolute Gasteiger partial charge is 0.369 e. The molecule has 0 rings (SSSR count). The number of carbonyl (C=O) groups excluding carboxylic acids is 1. The van der Waals surface area contributed by atoms with E-state index in [0.29, 0.717) is 12.3 Å². The minimum Gasteiger partial charge on any atom is -0.369 e. The van der Waals surface area contributed by atoms with E-state index < -0.39 is 15.9 Å². The van der Waals surface area contributed by atoms with Gasteiger partial charge in [0.05, 0.1) is 5.75 Å². The monoisotopic (exact) mass is 207 g/mol. The molecule has 0 aliphatic carbocycles. The molecule has 6 heteroatoms. The number of nitrogens with two attached hydrogens (primary N) is 2. The first kappa shape index (κ1) is 12.4. The zero-order valence-corrected chi connectivity index (χ0v) is 8.60. The summed E-state index contributed by atoms with van der Waals surface area (Å²) in [4.78, 5) is 10.6. The van der Waals surface area contributed by atoms with Crippen molar-refractivity contribution in [1.82, 2.24) is 0 Å². The minimum absolute atomic E-state index is 0.190. The number of sulfonamides is 1. The third kappa shape index (κ3) is 6.53. The maximum absolute atomic E-state index is 10.6. The van der Waals surface area contributed by atoms with E-state index in [1.54, 1.807) is 13.8 Å². The molecule has 0 saturated carbocycles. The maximum atomic E-state index is 10.6. The Hall–Kier alpha value is -0.620. The van der Waals surface area contributed by atoms with Gasteiger partial charge < -0.3 is 5.73 Å². The molecule has 0 aromatic carbocycles. The molecule has 0 bridgehead atoms. The van der Waals surface area contributed by atoms with Gasteiger partial charge >= 0.3 is 0 Å². The molecule has 1 radical (unpaired) electrons. The van der Waals surface area contributed by atoms with E-state index in [4.69, 9.17) is 10.9 Å². The molecule has 1 amide bonds. The van der Waals surface area contributed by atoms with Crippen LogP contribution >= 0.6 is 0 Å². The van der Waals surface area contributed by atoms with Gasteiger partial charge in [-0.2, -0.15) is 0 Å². The first-order valence-electron chi connectivity index (χ1n) is 3.83. The summed E-state index contributed by atoms with van der Waals surface area (Å²) < 4.78 is 21.3. The zero-order valence-electron chi connectivity index (χ0n) is 7.78. The van der Waals surface area contributed by atoms with E-state index >= 15 is 0 Å². The Kier molecular flexibility index (Phi) is 4.35. The lowest BCUT2D eigenvalue weighted by atomic mass is 9.98. The van der Waals surface area contributed by atoms with Gasteiger partial charge in [-0.25, -0.2) is 13.6 Å². The van der Waals surface area contributed by atoms with Crippen molar-refractivity contribution in [2.75, 3.05) is 5.75 Å². The molecule has 0 unspecified atom stereocenters. The predicted molar refractivity (Wildman–Crippen MR) is 49.9 cm³/mol. The Balaban J connectivity index is 4.02. The third-order valence-electron chi connectivity index (χ3n) is 1.59. The summed E-state index contributed by atoms with van der Waals surface area (Å²) in [5.41, 5.74) is 5.02. The van der Waals surface area contributed by atoms with Crippen molar-refractivity contribution < 1.29 is 13.2 Å². The number of primary amides is 1. The van der Waals surface area contributed by atoms with Crippen LogP contribution in [0.4, 0.5) is 0 Å². The molecule has 13 heavy (non-hydrogen) atoms. The minimum atomic E-state index is -3.48. The van der Waals surface area contributed by atoms with Crippen molar-refractivity contribution in [2.24, 2.45) is 16.8 Å². The fourth-order valence-electron chi connectivity index (χ4n) is 1.03. The molecule has 0 fully saturated rings. The second-order valence-electron chi connectivity index (χ2n) is 3.27. The average molecular weight is 207 g/mol. The lowest BCUT2D eigenvalue weighted by Crippen LogP contribution is -2.26. The summed E-state index contributed by atoms with van der Waals surface area (Å²) in [6.45, 7) is 3.29. The molecule has 1 atom stereocenters. The van der Waals surface area contributed by atoms with Crippen LogP contribution in [0.3, 0.4) is 0 Å². The van der Waals surface area contributed by atoms with Gasteiger partial charge in [0.15, 0.2) is 0 Å². The van der Waals surface area contributed by atoms with Gasteiger partial charge in [-0.1, -0.05) is 13.8 Å². The quantitative estimate of drug-likeness (QED) is 0.627. The number of primary sulfonamides is 1. The Morgan fingerprint density at radius 1 is 1.46 bits per heavy atom. The number of amides is 1. The fraction of sp³-hybridized carbons (Fsp3) is 0.714. The Morgan fingerprint density at radius 3 is 2.23 bits per heavy atom. The van der Waals surface area contributed by atoms with Gasteiger partial charge in [0.25, 0.3) is 0 Å². The Morgan fingerprint density at radius 2 is 1.92 bits per heavy atom. The Bertz CT molecular complexity index is 273. The van der Waals surface area contributed by atoms with Crippen LogP contribution in [-0.2, 0) is 14.8 Å². The van der Waals surface area contributed by atoms with Gasteiger partial charge in [-0.3, -0.25) is 4.79 Å². The van der Waals surface area contributed by atoms with Crippen molar-refractivity contribution in [3.8, 4) is 0 Å². The van der Waals surface area contributed by atoms with E-state index in [9.17, 15) is 13.2 Å². The van der Waals surface area contributed by atoms with E-state index in [1.165, 1.54) is 0 Å². The van der Waals surface area contributed by atoms with Crippen molar-refractivity contribution in [3.05, 3.63) is 5.92 Å². The van der Waals surface area contributed by atoms with Gasteiger partial charge in [0.1, 0.15) is 0 Å². The van der Waals surface area contributed by atoms with Crippen LogP contribution in [0, 0.1) is 11.8 Å². The molecule has 0 aliphatic rings. The highest BCUT2D eigenvalue weighted by Crippen LogP contribution is 2.14. The molecule has 0 aliphatic heterocycles. The van der Waals surface area contributed by atoms with Crippen LogP contribution < -0.4 is 10.9 Å². The standard InChI is InChI=1S/C7H15N2O3S/c1-5(4-13(9,11)12)3-6(2)7(8)10/h6H,3-4H2,1-2H3,(H2,8,10)(H2,9,11,12)/t6-/m0/s1. The number of hydrogen-bond acceptors (Lipinski definition) is 3. The van der Waals surface area contributed by atoms with Gasteiger partial charge in [0, 0.05) is 5.92 Å². The lowest BCUT2D eigenvalue weighted by Gasteiger charge is -2.12. The number of rotatable bonds is 5. The second kappa shape index (κ2) is 4.57. The third-order valence-corrected chi connectivity index (χ3v) is 2.48. The summed E-state index contributed by atoms with van der Waals surface area (Å²) in [5.74, 6) is -0.325. The van der Waals surface area contributed by atoms with Crippen LogP contribution in [-0.4, -0.2) is 20.1 Å². The summed E-state index contributed by atoms with van der Waals surface area (Å²) >= 11 is 0. The van der Waals surface area contributed by atoms with Gasteiger partial charge in [0.2, 0.25) is 15.9 Å². The highest BCUT2D eigenvalue weighted by molar-refractivity contribution is 7.89. The topological polar surface area (TPSA) is 103 Å². The van der Waals surface area contributed by atoms with E-state index in [1.807, 2.05) is 0 Å². The summed E-state index contributed by atoms with van der Waals surface area (Å²) in [7, 11) is -3.48. The summed E-state index contributed by atoms with van der Waals surface area (Å²) in [6.07, 6.45) is 0.367. The molecule has 4 N–H and O–H groups in total. The van der Waals surface area contributed by atoms with Gasteiger partial charge in [-0.05, 0) is 12.3 Å². The smallest absolute Gasteiger partial charge is 0.220 e. The van der Waals surface area contributed by atoms with Crippen molar-refractivity contribution in [1.29, 1.82) is 0 Å². The number of hydrogen-bond donors (Lipinski definition) is 2. The van der Waals surface area contributed by atoms with E-state index in [2.05, 4.69) is 0 Å². The molecule has 0 spiro atoms.